The van der Waals surface area contributed by atoms with Crippen LogP contribution in [0.15, 0.2) is 137 Å². The Morgan fingerprint density at radius 3 is 1.76 bits per heavy atom. The summed E-state index contributed by atoms with van der Waals surface area (Å²) in [5, 5.41) is -3.11. The van der Waals surface area contributed by atoms with Crippen LogP contribution in [0.3, 0.4) is 0 Å². The average molecular weight is 492 g/mol. The van der Waals surface area contributed by atoms with E-state index in [2.05, 4.69) is 0 Å². The van der Waals surface area contributed by atoms with Gasteiger partial charge in [0.25, 0.3) is 0 Å². The minimum absolute atomic E-state index is 0.146. The highest BCUT2D eigenvalue weighted by molar-refractivity contribution is 6.26. The smallest absolute Gasteiger partial charge is 0.136 e. The molecule has 0 saturated heterocycles. The number of hydrogen-bond acceptors (Lipinski definition) is 1. The lowest BCUT2D eigenvalue weighted by Gasteiger charge is -2.18. The van der Waals surface area contributed by atoms with E-state index in [1.54, 1.807) is 0 Å². The van der Waals surface area contributed by atoms with E-state index >= 15 is 0 Å². The zero-order valence-corrected chi connectivity index (χ0v) is 18.5. The van der Waals surface area contributed by atoms with Gasteiger partial charge in [-0.05, 0) is 72.7 Å². The van der Waals surface area contributed by atoms with Crippen LogP contribution in [0.25, 0.3) is 76.5 Å². The molecule has 37 heavy (non-hydrogen) atoms. The number of fused-ring (bicyclic) bond motifs is 6. The van der Waals surface area contributed by atoms with Crippen molar-refractivity contribution in [1.82, 2.24) is 0 Å². The molecule has 0 aliphatic carbocycles. The first-order valence-electron chi connectivity index (χ1n) is 21.5. The summed E-state index contributed by atoms with van der Waals surface area (Å²) in [6.07, 6.45) is 0. The molecule has 0 unspecified atom stereocenters. The highest BCUT2D eigenvalue weighted by atomic mass is 16.3. The normalized spacial score (nSPS) is 19.7. The first kappa shape index (κ1) is 8.61. The van der Waals surface area contributed by atoms with Crippen LogP contribution in [-0.2, 0) is 0 Å². The third-order valence-corrected chi connectivity index (χ3v) is 6.18. The molecule has 7 aromatic carbocycles. The molecule has 1 heterocycles. The van der Waals surface area contributed by atoms with Crippen molar-refractivity contribution in [2.45, 2.75) is 0 Å². The van der Waals surface area contributed by atoms with Gasteiger partial charge in [-0.15, -0.1) is 0 Å². The summed E-state index contributed by atoms with van der Waals surface area (Å²) in [6.45, 7) is 0. The summed E-state index contributed by atoms with van der Waals surface area (Å²) in [7, 11) is 0. The van der Waals surface area contributed by atoms with Gasteiger partial charge < -0.3 is 4.42 Å². The lowest BCUT2D eigenvalue weighted by Crippen LogP contribution is -1.91. The zero-order chi connectivity index (χ0) is 42.6. The molecule has 0 amide bonds. The lowest BCUT2D eigenvalue weighted by molar-refractivity contribution is 0.669. The van der Waals surface area contributed by atoms with Gasteiger partial charge in [-0.2, -0.15) is 0 Å². The minimum atomic E-state index is -0.871. The highest BCUT2D eigenvalue weighted by Gasteiger charge is 2.20. The molecule has 1 heteroatoms. The van der Waals surface area contributed by atoms with Crippen molar-refractivity contribution in [1.29, 1.82) is 0 Å². The van der Waals surface area contributed by atoms with Crippen molar-refractivity contribution in [3.63, 3.8) is 0 Å². The molecule has 172 valence electrons. The highest BCUT2D eigenvalue weighted by Crippen LogP contribution is 2.47. The van der Waals surface area contributed by atoms with Crippen LogP contribution in [0.2, 0.25) is 0 Å². The van der Waals surface area contributed by atoms with Crippen LogP contribution in [0.5, 0.6) is 0 Å². The number of furan rings is 1. The topological polar surface area (TPSA) is 13.1 Å². The molecule has 0 N–H and O–H groups in total. The maximum absolute atomic E-state index is 9.35. The molecule has 0 fully saturated rings. The number of benzene rings is 7. The summed E-state index contributed by atoms with van der Waals surface area (Å²) in [4.78, 5) is 0. The molecule has 0 aliphatic heterocycles. The Morgan fingerprint density at radius 1 is 0.459 bits per heavy atom. The summed E-state index contributed by atoms with van der Waals surface area (Å²) in [5.41, 5.74) is -3.04. The van der Waals surface area contributed by atoms with E-state index in [0.29, 0.717) is 0 Å². The van der Waals surface area contributed by atoms with Crippen LogP contribution in [0.4, 0.5) is 0 Å². The second-order valence-corrected chi connectivity index (χ2v) is 8.11. The van der Waals surface area contributed by atoms with Gasteiger partial charge in [0.15, 0.2) is 0 Å². The van der Waals surface area contributed by atoms with E-state index in [1.165, 1.54) is 6.07 Å². The van der Waals surface area contributed by atoms with Gasteiger partial charge in [0.1, 0.15) is 11.2 Å². The monoisotopic (exact) mass is 491 g/mol. The first-order chi connectivity index (χ1) is 27.1. The second kappa shape index (κ2) is 7.81. The average Bonchev–Trinajstić information content (AvgIpc) is 3.58. The molecule has 0 aliphatic rings. The molecule has 0 spiro atoms. The molecule has 0 atom stereocenters. The van der Waals surface area contributed by atoms with E-state index < -0.39 is 176 Å². The fourth-order valence-corrected chi connectivity index (χ4v) is 4.70. The second-order valence-electron chi connectivity index (χ2n) is 8.11. The van der Waals surface area contributed by atoms with Gasteiger partial charge in [-0.25, -0.2) is 0 Å². The fraction of sp³-hybridized carbons (Fsp3) is 0. The molecule has 0 saturated carbocycles. The van der Waals surface area contributed by atoms with E-state index in [1.807, 2.05) is 0 Å². The number of hydrogen-bond donors (Lipinski definition) is 0. The van der Waals surface area contributed by atoms with Crippen molar-refractivity contribution >= 4 is 54.3 Å². The van der Waals surface area contributed by atoms with Gasteiger partial charge in [-0.1, -0.05) is 115 Å². The van der Waals surface area contributed by atoms with Crippen LogP contribution in [0.1, 0.15) is 28.8 Å². The molecule has 8 rings (SSSR count). The Bertz CT molecular complexity index is 3180. The summed E-state index contributed by atoms with van der Waals surface area (Å²) >= 11 is 0. The van der Waals surface area contributed by atoms with Gasteiger partial charge >= 0.3 is 0 Å². The third-order valence-electron chi connectivity index (χ3n) is 6.18. The Morgan fingerprint density at radius 2 is 1.05 bits per heavy atom. The van der Waals surface area contributed by atoms with E-state index in [9.17, 15) is 6.85 Å². The van der Waals surface area contributed by atoms with Crippen LogP contribution >= 0.6 is 0 Å². The summed E-state index contributed by atoms with van der Waals surface area (Å²) < 4.78 is 190. The third kappa shape index (κ3) is 2.98. The molecular formula is C36H22O. The summed E-state index contributed by atoms with van der Waals surface area (Å²) in [6, 6.07) is -15.2. The van der Waals surface area contributed by atoms with Crippen molar-refractivity contribution in [2.24, 2.45) is 0 Å². The van der Waals surface area contributed by atoms with Crippen LogP contribution in [0, 0.1) is 0 Å². The lowest BCUT2D eigenvalue weighted by atomic mass is 9.85. The minimum Gasteiger partial charge on any atom is -0.456 e. The predicted octanol–water partition coefficient (Wildman–Crippen LogP) is 10.4. The van der Waals surface area contributed by atoms with Crippen LogP contribution in [-0.4, -0.2) is 0 Å². The van der Waals surface area contributed by atoms with Gasteiger partial charge in [0, 0.05) is 10.8 Å². The number of rotatable bonds is 2. The maximum Gasteiger partial charge on any atom is 0.136 e. The molecule has 8 aromatic rings. The largest absolute Gasteiger partial charge is 0.456 e. The van der Waals surface area contributed by atoms with Gasteiger partial charge in [0.2, 0.25) is 0 Å². The van der Waals surface area contributed by atoms with Gasteiger partial charge in [0.05, 0.1) is 28.8 Å². The Kier molecular flexibility index (Phi) is 1.82. The van der Waals surface area contributed by atoms with Crippen molar-refractivity contribution < 1.29 is 33.2 Å². The quantitative estimate of drug-likeness (QED) is 0.219. The molecule has 1 nitrogen and oxygen atoms in total. The van der Waals surface area contributed by atoms with E-state index in [-0.39, 0.29) is 27.1 Å². The van der Waals surface area contributed by atoms with Crippen molar-refractivity contribution in [3.05, 3.63) is 133 Å². The first-order valence-corrected chi connectivity index (χ1v) is 11.0. The van der Waals surface area contributed by atoms with E-state index in [0.717, 1.165) is 0 Å². The van der Waals surface area contributed by atoms with Crippen molar-refractivity contribution in [3.8, 4) is 22.3 Å². The SMILES string of the molecule is [2H]c1c([2H])c([2H])c(-c2c3c([2H])c([2H])c([2H])c([2H])c3c(-c3c([2H])c([2H])c([2H])c4oc5c([2H])c6c([2H])c([2H])c([2H])c([2H])c6cc5c34)c3c([2H])c([2H])c([2H])c([2H])c23)c([2H])c1[2H]. The molecule has 1 aromatic heterocycles. The zero-order valence-electron chi connectivity index (χ0n) is 39.5. The standard InChI is InChI=1S/C36H22O/c1-2-11-23(12-3-1)34-26-15-6-8-17-28(26)35(29-18-9-7-16-27(29)34)30-19-10-20-32-36(30)31-21-24-13-4-5-14-25(24)22-33(31)37-32/h1-22H/i1D,2D,3D,4D,5D,6D,7D,8D,9D,10D,11D,12D,13D,14D,15D,16D,17D,18D,19D,20D,22D. The Balaban J connectivity index is 1.79. The summed E-state index contributed by atoms with van der Waals surface area (Å²) in [5.74, 6) is 0. The Labute approximate surface area is 243 Å². The maximum atomic E-state index is 9.35. The van der Waals surface area contributed by atoms with Gasteiger partial charge in [-0.3, -0.25) is 0 Å². The molecular weight excluding hydrogens is 448 g/mol. The fourth-order valence-electron chi connectivity index (χ4n) is 4.70. The molecule has 0 radical (unpaired) electrons. The van der Waals surface area contributed by atoms with E-state index in [4.69, 9.17) is 26.3 Å². The molecule has 0 bridgehead atoms. The van der Waals surface area contributed by atoms with Crippen molar-refractivity contribution in [2.75, 3.05) is 0 Å². The van der Waals surface area contributed by atoms with Crippen LogP contribution < -0.4 is 0 Å². The Hall–Kier alpha value is -4.88. The predicted molar refractivity (Wildman–Crippen MR) is 157 cm³/mol.